The van der Waals surface area contributed by atoms with E-state index in [0.717, 1.165) is 25.7 Å². The van der Waals surface area contributed by atoms with E-state index >= 15 is 0 Å². The largest absolute Gasteiger partial charge is 0.396 e. The van der Waals surface area contributed by atoms with E-state index in [-0.39, 0.29) is 0 Å². The van der Waals surface area contributed by atoms with E-state index in [0.29, 0.717) is 6.61 Å². The first-order chi connectivity index (χ1) is 12.4. The van der Waals surface area contributed by atoms with E-state index in [4.69, 9.17) is 5.11 Å². The summed E-state index contributed by atoms with van der Waals surface area (Å²) >= 11 is 0. The molecule has 144 valence electrons. The van der Waals surface area contributed by atoms with Crippen molar-refractivity contribution in [1.82, 2.24) is 0 Å². The highest BCUT2D eigenvalue weighted by Crippen LogP contribution is 2.12. The Morgan fingerprint density at radius 3 is 1.32 bits per heavy atom. The van der Waals surface area contributed by atoms with Crippen LogP contribution in [-0.4, -0.2) is 11.7 Å². The summed E-state index contributed by atoms with van der Waals surface area (Å²) in [5, 5.41) is 8.71. The van der Waals surface area contributed by atoms with Crippen LogP contribution in [0, 0.1) is 23.7 Å². The lowest BCUT2D eigenvalue weighted by atomic mass is 10.0. The van der Waals surface area contributed by atoms with Gasteiger partial charge in [0.25, 0.3) is 0 Å². The molecule has 0 unspecified atom stereocenters. The second-order valence-electron chi connectivity index (χ2n) is 7.06. The Morgan fingerprint density at radius 1 is 0.480 bits per heavy atom. The van der Waals surface area contributed by atoms with Crippen molar-refractivity contribution in [2.75, 3.05) is 6.61 Å². The number of hydrogen-bond donors (Lipinski definition) is 1. The van der Waals surface area contributed by atoms with Gasteiger partial charge in [-0.15, -0.1) is 11.8 Å². The molecule has 0 aromatic rings. The molecular weight excluding hydrogens is 304 g/mol. The first-order valence-electron chi connectivity index (χ1n) is 10.9. The van der Waals surface area contributed by atoms with Gasteiger partial charge < -0.3 is 5.11 Å². The molecule has 0 radical (unpaired) electrons. The first kappa shape index (κ1) is 24.1. The molecule has 0 bridgehead atoms. The fourth-order valence-electron chi connectivity index (χ4n) is 2.90. The smallest absolute Gasteiger partial charge is 0.0702 e. The monoisotopic (exact) mass is 346 g/mol. The average molecular weight is 347 g/mol. The molecule has 0 aromatic heterocycles. The first-order valence-corrected chi connectivity index (χ1v) is 10.9. The molecule has 0 aliphatic carbocycles. The van der Waals surface area contributed by atoms with Crippen molar-refractivity contribution in [1.29, 1.82) is 0 Å². The van der Waals surface area contributed by atoms with Crippen molar-refractivity contribution >= 4 is 0 Å². The van der Waals surface area contributed by atoms with Crippen LogP contribution in [0.1, 0.15) is 122 Å². The number of rotatable bonds is 16. The lowest BCUT2D eigenvalue weighted by Crippen LogP contribution is -1.84. The molecule has 0 aromatic carbocycles. The SMILES string of the molecule is CCCCCC#CCC#CCCCCCCCCCCCCCCO. The maximum atomic E-state index is 8.71. The summed E-state index contributed by atoms with van der Waals surface area (Å²) in [6.45, 7) is 2.59. The molecular formula is C24H42O. The highest BCUT2D eigenvalue weighted by Gasteiger charge is 1.93. The van der Waals surface area contributed by atoms with E-state index in [2.05, 4.69) is 30.6 Å². The van der Waals surface area contributed by atoms with Crippen LogP contribution in [0.5, 0.6) is 0 Å². The Hall–Kier alpha value is -0.920. The molecule has 0 aliphatic heterocycles. The molecule has 0 spiro atoms. The van der Waals surface area contributed by atoms with Crippen molar-refractivity contribution in [3.63, 3.8) is 0 Å². The third-order valence-electron chi connectivity index (χ3n) is 4.54. The van der Waals surface area contributed by atoms with Crippen molar-refractivity contribution in [3.8, 4) is 23.7 Å². The minimum Gasteiger partial charge on any atom is -0.396 e. The molecule has 0 aliphatic rings. The van der Waals surface area contributed by atoms with Gasteiger partial charge in [-0.3, -0.25) is 0 Å². The van der Waals surface area contributed by atoms with Crippen LogP contribution >= 0.6 is 0 Å². The maximum Gasteiger partial charge on any atom is 0.0702 e. The number of hydrogen-bond acceptors (Lipinski definition) is 1. The van der Waals surface area contributed by atoms with Gasteiger partial charge in [-0.1, -0.05) is 95.8 Å². The molecule has 1 heteroatoms. The molecule has 1 N–H and O–H groups in total. The standard InChI is InChI=1S/C24H42O/c1-2-3-4-5-6-7-8-9-10-11-12-13-14-15-16-17-18-19-20-21-22-23-24-25/h25H,2-5,8,11-24H2,1H3. The minimum absolute atomic E-state index is 0.360. The second-order valence-corrected chi connectivity index (χ2v) is 7.06. The van der Waals surface area contributed by atoms with E-state index in [9.17, 15) is 0 Å². The molecule has 1 nitrogen and oxygen atoms in total. The fraction of sp³-hybridized carbons (Fsp3) is 0.833. The van der Waals surface area contributed by atoms with Crippen molar-refractivity contribution in [2.24, 2.45) is 0 Å². The van der Waals surface area contributed by atoms with E-state index in [1.807, 2.05) is 0 Å². The molecule has 0 saturated carbocycles. The van der Waals surface area contributed by atoms with Gasteiger partial charge in [0.05, 0.1) is 6.42 Å². The predicted molar refractivity (Wildman–Crippen MR) is 111 cm³/mol. The van der Waals surface area contributed by atoms with Crippen LogP contribution in [0.4, 0.5) is 0 Å². The molecule has 0 amide bonds. The summed E-state index contributed by atoms with van der Waals surface area (Å²) in [6, 6.07) is 0. The number of aliphatic hydroxyl groups is 1. The van der Waals surface area contributed by atoms with Gasteiger partial charge in [0.15, 0.2) is 0 Å². The zero-order chi connectivity index (χ0) is 18.3. The van der Waals surface area contributed by atoms with E-state index in [1.165, 1.54) is 89.9 Å². The normalized spacial score (nSPS) is 10.0. The van der Waals surface area contributed by atoms with Gasteiger partial charge in [-0.2, -0.15) is 0 Å². The molecule has 0 fully saturated rings. The second kappa shape index (κ2) is 23.1. The number of unbranched alkanes of at least 4 members (excludes halogenated alkanes) is 15. The van der Waals surface area contributed by atoms with Crippen molar-refractivity contribution < 1.29 is 5.11 Å². The summed E-state index contributed by atoms with van der Waals surface area (Å²) in [5.74, 6) is 12.8. The molecule has 0 saturated heterocycles. The fourth-order valence-corrected chi connectivity index (χ4v) is 2.90. The topological polar surface area (TPSA) is 20.2 Å². The van der Waals surface area contributed by atoms with E-state index in [1.54, 1.807) is 0 Å². The summed E-state index contributed by atoms with van der Waals surface area (Å²) in [7, 11) is 0. The Labute approximate surface area is 158 Å². The zero-order valence-electron chi connectivity index (χ0n) is 16.9. The summed E-state index contributed by atoms with van der Waals surface area (Å²) in [5.41, 5.74) is 0. The third kappa shape index (κ3) is 23.1. The quantitative estimate of drug-likeness (QED) is 0.235. The van der Waals surface area contributed by atoms with E-state index < -0.39 is 0 Å². The molecule has 0 rings (SSSR count). The van der Waals surface area contributed by atoms with Crippen molar-refractivity contribution in [2.45, 2.75) is 122 Å². The predicted octanol–water partition coefficient (Wildman–Crippen LogP) is 7.03. The molecule has 0 atom stereocenters. The Morgan fingerprint density at radius 2 is 0.880 bits per heavy atom. The lowest BCUT2D eigenvalue weighted by molar-refractivity contribution is 0.282. The van der Waals surface area contributed by atoms with Gasteiger partial charge in [0.2, 0.25) is 0 Å². The van der Waals surface area contributed by atoms with Gasteiger partial charge in [-0.25, -0.2) is 0 Å². The Kier molecular flexibility index (Phi) is 22.2. The summed E-state index contributed by atoms with van der Waals surface area (Å²) < 4.78 is 0. The highest BCUT2D eigenvalue weighted by atomic mass is 16.2. The third-order valence-corrected chi connectivity index (χ3v) is 4.54. The van der Waals surface area contributed by atoms with Crippen LogP contribution in [0.3, 0.4) is 0 Å². The van der Waals surface area contributed by atoms with Gasteiger partial charge in [0.1, 0.15) is 0 Å². The van der Waals surface area contributed by atoms with Crippen LogP contribution in [0.2, 0.25) is 0 Å². The molecule has 0 heterocycles. The van der Waals surface area contributed by atoms with Gasteiger partial charge >= 0.3 is 0 Å². The summed E-state index contributed by atoms with van der Waals surface area (Å²) in [4.78, 5) is 0. The Balaban J connectivity index is 3.15. The van der Waals surface area contributed by atoms with Gasteiger partial charge in [0, 0.05) is 19.4 Å². The number of aliphatic hydroxyl groups excluding tert-OH is 1. The van der Waals surface area contributed by atoms with Crippen LogP contribution < -0.4 is 0 Å². The van der Waals surface area contributed by atoms with Gasteiger partial charge in [-0.05, 0) is 19.3 Å². The van der Waals surface area contributed by atoms with Crippen LogP contribution in [0.15, 0.2) is 0 Å². The Bertz CT molecular complexity index is 363. The van der Waals surface area contributed by atoms with Crippen LogP contribution in [-0.2, 0) is 0 Å². The minimum atomic E-state index is 0.360. The molecule has 25 heavy (non-hydrogen) atoms. The van der Waals surface area contributed by atoms with Crippen molar-refractivity contribution in [3.05, 3.63) is 0 Å². The lowest BCUT2D eigenvalue weighted by Gasteiger charge is -2.02. The highest BCUT2D eigenvalue weighted by molar-refractivity contribution is 5.11. The zero-order valence-corrected chi connectivity index (χ0v) is 16.9. The summed E-state index contributed by atoms with van der Waals surface area (Å²) in [6.07, 6.45) is 22.4. The maximum absolute atomic E-state index is 8.71. The average Bonchev–Trinajstić information content (AvgIpc) is 2.63. The van der Waals surface area contributed by atoms with Crippen LogP contribution in [0.25, 0.3) is 0 Å².